The van der Waals surface area contributed by atoms with E-state index in [4.69, 9.17) is 14.8 Å². The van der Waals surface area contributed by atoms with Gasteiger partial charge in [0.25, 0.3) is 5.91 Å². The zero-order chi connectivity index (χ0) is 20.8. The molecule has 1 aromatic rings. The maximum Gasteiger partial charge on any atom is 0.404 e. The van der Waals surface area contributed by atoms with Gasteiger partial charge >= 0.3 is 12.1 Å². The van der Waals surface area contributed by atoms with Crippen LogP contribution in [-0.2, 0) is 21.1 Å². The highest BCUT2D eigenvalue weighted by Gasteiger charge is 2.48. The third-order valence-corrected chi connectivity index (χ3v) is 5.03. The Morgan fingerprint density at radius 2 is 2.03 bits per heavy atom. The monoisotopic (exact) mass is 406 g/mol. The van der Waals surface area contributed by atoms with Crippen LogP contribution in [0.15, 0.2) is 30.3 Å². The Kier molecular flexibility index (Phi) is 6.89. The summed E-state index contributed by atoms with van der Waals surface area (Å²) in [4.78, 5) is 48.1. The van der Waals surface area contributed by atoms with Crippen molar-refractivity contribution in [1.82, 2.24) is 20.8 Å². The predicted octanol–water partition coefficient (Wildman–Crippen LogP) is 1.48. The van der Waals surface area contributed by atoms with Gasteiger partial charge in [-0.25, -0.2) is 15.1 Å². The summed E-state index contributed by atoms with van der Waals surface area (Å²) in [6, 6.07) is 8.28. The molecule has 1 aromatic carbocycles. The summed E-state index contributed by atoms with van der Waals surface area (Å²) in [7, 11) is 0. The average molecular weight is 406 g/mol. The molecule has 3 atom stereocenters. The van der Waals surface area contributed by atoms with Crippen molar-refractivity contribution in [2.45, 2.75) is 50.9 Å². The maximum absolute atomic E-state index is 12.7. The molecular weight excluding hydrogens is 380 g/mol. The largest absolute Gasteiger partial charge is 0.465 e. The first-order valence-electron chi connectivity index (χ1n) is 9.63. The zero-order valence-corrected chi connectivity index (χ0v) is 16.2. The molecule has 0 aromatic heterocycles. The number of benzene rings is 1. The Morgan fingerprint density at radius 3 is 2.76 bits per heavy atom. The molecule has 2 bridgehead atoms. The molecule has 2 fully saturated rings. The number of piperidine rings is 1. The Bertz CT molecular complexity index is 731. The zero-order valence-electron chi connectivity index (χ0n) is 16.2. The number of urea groups is 1. The first-order valence-corrected chi connectivity index (χ1v) is 9.63. The third kappa shape index (κ3) is 5.36. The lowest BCUT2D eigenvalue weighted by molar-refractivity contribution is -0.141. The quantitative estimate of drug-likeness (QED) is 0.422. The Balaban J connectivity index is 1.45. The van der Waals surface area contributed by atoms with E-state index in [-0.39, 0.29) is 30.6 Å². The summed E-state index contributed by atoms with van der Waals surface area (Å²) in [5.41, 5.74) is 3.33. The molecular formula is C19H26N4O6. The Morgan fingerprint density at radius 1 is 1.28 bits per heavy atom. The molecule has 10 heteroatoms. The van der Waals surface area contributed by atoms with Gasteiger partial charge in [-0.3, -0.25) is 14.5 Å². The second kappa shape index (κ2) is 9.57. The van der Waals surface area contributed by atoms with E-state index < -0.39 is 12.1 Å². The van der Waals surface area contributed by atoms with Crippen LogP contribution in [0.2, 0.25) is 0 Å². The van der Waals surface area contributed by atoms with Crippen LogP contribution < -0.4 is 10.8 Å². The minimum Gasteiger partial charge on any atom is -0.465 e. The van der Waals surface area contributed by atoms with E-state index in [1.165, 1.54) is 9.96 Å². The highest BCUT2D eigenvalue weighted by atomic mass is 16.7. The number of fused-ring (bicyclic) bond motifs is 2. The topological polar surface area (TPSA) is 120 Å². The molecule has 10 nitrogen and oxygen atoms in total. The van der Waals surface area contributed by atoms with E-state index >= 15 is 0 Å². The van der Waals surface area contributed by atoms with Gasteiger partial charge in [0.1, 0.15) is 12.6 Å². The van der Waals surface area contributed by atoms with Gasteiger partial charge < -0.3 is 15.3 Å². The summed E-state index contributed by atoms with van der Waals surface area (Å²) in [6.45, 7) is 2.58. The normalized spacial score (nSPS) is 21.8. The van der Waals surface area contributed by atoms with Crippen LogP contribution in [0.5, 0.6) is 0 Å². The molecule has 29 heavy (non-hydrogen) atoms. The van der Waals surface area contributed by atoms with Crippen LogP contribution in [0.25, 0.3) is 0 Å². The van der Waals surface area contributed by atoms with E-state index in [2.05, 4.69) is 10.8 Å². The molecule has 3 rings (SSSR count). The van der Waals surface area contributed by atoms with Crippen molar-refractivity contribution in [2.75, 3.05) is 13.2 Å². The lowest BCUT2D eigenvalue weighted by Crippen LogP contribution is -2.49. The van der Waals surface area contributed by atoms with Gasteiger partial charge in [-0.1, -0.05) is 30.3 Å². The average Bonchev–Trinajstić information content (AvgIpc) is 2.94. The van der Waals surface area contributed by atoms with Gasteiger partial charge in [-0.15, -0.1) is 0 Å². The number of carbonyl (C=O) groups is 3. The van der Waals surface area contributed by atoms with Crippen molar-refractivity contribution < 1.29 is 29.2 Å². The fourth-order valence-corrected chi connectivity index (χ4v) is 3.50. The number of hydroxylamine groups is 3. The van der Waals surface area contributed by atoms with Crippen LogP contribution in [0, 0.1) is 0 Å². The van der Waals surface area contributed by atoms with Crippen molar-refractivity contribution in [3.63, 3.8) is 0 Å². The Labute approximate surface area is 168 Å². The SMILES string of the molecule is CC(CCONC(=O)[C@@H]1CC[C@@H]2CN1C(=O)N2OCc1ccccc1)NC(=O)O. The van der Waals surface area contributed by atoms with Crippen LogP contribution in [0.3, 0.4) is 0 Å². The van der Waals surface area contributed by atoms with Crippen molar-refractivity contribution in [2.24, 2.45) is 0 Å². The van der Waals surface area contributed by atoms with Gasteiger partial charge in [0, 0.05) is 12.6 Å². The number of hydrogen-bond donors (Lipinski definition) is 3. The van der Waals surface area contributed by atoms with E-state index in [1.54, 1.807) is 6.92 Å². The molecule has 0 aliphatic carbocycles. The summed E-state index contributed by atoms with van der Waals surface area (Å²) < 4.78 is 0. The first-order chi connectivity index (χ1) is 14.0. The molecule has 2 heterocycles. The van der Waals surface area contributed by atoms with Crippen molar-refractivity contribution in [3.05, 3.63) is 35.9 Å². The number of amides is 4. The molecule has 2 aliphatic rings. The van der Waals surface area contributed by atoms with E-state index in [0.29, 0.717) is 32.4 Å². The smallest absolute Gasteiger partial charge is 0.404 e. The number of carboxylic acid groups (broad SMARTS) is 1. The van der Waals surface area contributed by atoms with Gasteiger partial charge in [-0.05, 0) is 31.7 Å². The second-order valence-corrected chi connectivity index (χ2v) is 7.22. The summed E-state index contributed by atoms with van der Waals surface area (Å²) in [5.74, 6) is -0.388. The molecule has 2 saturated heterocycles. The maximum atomic E-state index is 12.7. The van der Waals surface area contributed by atoms with Crippen LogP contribution >= 0.6 is 0 Å². The molecule has 3 N–H and O–H groups in total. The third-order valence-electron chi connectivity index (χ3n) is 5.03. The van der Waals surface area contributed by atoms with Crippen LogP contribution in [0.4, 0.5) is 9.59 Å². The van der Waals surface area contributed by atoms with E-state index in [9.17, 15) is 14.4 Å². The van der Waals surface area contributed by atoms with Gasteiger partial charge in [-0.2, -0.15) is 5.06 Å². The lowest BCUT2D eigenvalue weighted by Gasteiger charge is -2.29. The molecule has 158 valence electrons. The fourth-order valence-electron chi connectivity index (χ4n) is 3.50. The number of nitrogens with zero attached hydrogens (tertiary/aromatic N) is 2. The highest BCUT2D eigenvalue weighted by Crippen LogP contribution is 2.30. The summed E-state index contributed by atoms with van der Waals surface area (Å²) >= 11 is 0. The van der Waals surface area contributed by atoms with Crippen molar-refractivity contribution >= 4 is 18.0 Å². The molecule has 0 saturated carbocycles. The molecule has 0 spiro atoms. The standard InChI is InChI=1S/C19H26N4O6/c1-13(20-18(25)26)9-10-28-21-17(24)16-8-7-15-11-22(16)19(27)23(15)29-12-14-5-3-2-4-6-14/h2-6,13,15-16,20H,7-12H2,1H3,(H,21,24)(H,25,26)/t13?,15-,16+/m1/s1. The van der Waals surface area contributed by atoms with Crippen LogP contribution in [-0.4, -0.2) is 64.4 Å². The molecule has 1 unspecified atom stereocenters. The first kappa shape index (κ1) is 20.9. The van der Waals surface area contributed by atoms with Crippen LogP contribution in [0.1, 0.15) is 31.7 Å². The lowest BCUT2D eigenvalue weighted by atomic mass is 10.0. The van der Waals surface area contributed by atoms with Crippen molar-refractivity contribution in [1.29, 1.82) is 0 Å². The van der Waals surface area contributed by atoms with Gasteiger partial charge in [0.15, 0.2) is 0 Å². The second-order valence-electron chi connectivity index (χ2n) is 7.22. The van der Waals surface area contributed by atoms with Gasteiger partial charge in [0.2, 0.25) is 0 Å². The number of carbonyl (C=O) groups excluding carboxylic acids is 2. The molecule has 2 aliphatic heterocycles. The van der Waals surface area contributed by atoms with Gasteiger partial charge in [0.05, 0.1) is 12.6 Å². The Hall–Kier alpha value is -2.85. The minimum absolute atomic E-state index is 0.0703. The summed E-state index contributed by atoms with van der Waals surface area (Å²) in [6.07, 6.45) is 0.482. The summed E-state index contributed by atoms with van der Waals surface area (Å²) in [5, 5.41) is 12.3. The number of hydrogen-bond acceptors (Lipinski definition) is 5. The van der Waals surface area contributed by atoms with Crippen molar-refractivity contribution in [3.8, 4) is 0 Å². The number of nitrogens with one attached hydrogen (secondary N) is 2. The minimum atomic E-state index is -1.11. The molecule has 4 amide bonds. The van der Waals surface area contributed by atoms with E-state index in [0.717, 1.165) is 5.56 Å². The number of rotatable bonds is 9. The molecule has 0 radical (unpaired) electrons. The van der Waals surface area contributed by atoms with E-state index in [1.807, 2.05) is 30.3 Å². The highest BCUT2D eigenvalue weighted by molar-refractivity contribution is 5.88. The fraction of sp³-hybridized carbons (Fsp3) is 0.526. The predicted molar refractivity (Wildman–Crippen MR) is 101 cm³/mol.